The van der Waals surface area contributed by atoms with Crippen molar-refractivity contribution in [2.24, 2.45) is 0 Å². The van der Waals surface area contributed by atoms with Crippen LogP contribution in [0.25, 0.3) is 10.6 Å². The third-order valence-corrected chi connectivity index (χ3v) is 6.20. The van der Waals surface area contributed by atoms with E-state index in [0.29, 0.717) is 27.8 Å². The summed E-state index contributed by atoms with van der Waals surface area (Å²) in [6, 6.07) is 18.6. The molecular weight excluding hydrogens is 497 g/mol. The summed E-state index contributed by atoms with van der Waals surface area (Å²) in [5.41, 5.74) is 1.94. The second-order valence-corrected chi connectivity index (χ2v) is 8.79. The second kappa shape index (κ2) is 12.0. The van der Waals surface area contributed by atoms with Gasteiger partial charge in [0, 0.05) is 18.1 Å². The summed E-state index contributed by atoms with van der Waals surface area (Å²) in [7, 11) is 3.01. The van der Waals surface area contributed by atoms with Gasteiger partial charge in [0.2, 0.25) is 11.0 Å². The number of aromatic nitrogens is 2. The monoisotopic (exact) mass is 521 g/mol. The van der Waals surface area contributed by atoms with Crippen molar-refractivity contribution in [3.63, 3.8) is 0 Å². The number of ether oxygens (including phenoxy) is 2. The number of amides is 3. The third-order valence-electron chi connectivity index (χ3n) is 5.31. The predicted molar refractivity (Wildman–Crippen MR) is 140 cm³/mol. The zero-order valence-electron chi connectivity index (χ0n) is 20.0. The van der Waals surface area contributed by atoms with Crippen LogP contribution in [0, 0.1) is 5.82 Å². The van der Waals surface area contributed by atoms with Gasteiger partial charge in [0.15, 0.2) is 0 Å². The molecule has 3 N–H and O–H groups in total. The normalized spacial score (nSPS) is 11.3. The highest BCUT2D eigenvalue weighted by molar-refractivity contribution is 7.18. The number of hydrogen-bond acceptors (Lipinski definition) is 7. The summed E-state index contributed by atoms with van der Waals surface area (Å²) in [6.45, 7) is 0. The Bertz CT molecular complexity index is 1370. The quantitative estimate of drug-likeness (QED) is 0.293. The van der Waals surface area contributed by atoms with E-state index in [9.17, 15) is 14.0 Å². The van der Waals surface area contributed by atoms with Crippen LogP contribution >= 0.6 is 11.3 Å². The number of urea groups is 1. The molecule has 0 aliphatic rings. The summed E-state index contributed by atoms with van der Waals surface area (Å²) >= 11 is 1.14. The number of carbonyl (C=O) groups excluding carboxylic acids is 2. The molecule has 0 spiro atoms. The average molecular weight is 522 g/mol. The minimum absolute atomic E-state index is 0.240. The SMILES string of the molecule is COc1ccc(NC(=O)NC(Cc2ccccc2)C(=O)Nc2nnc(-c3ccc(F)cc3)s2)c(OC)c1. The Kier molecular flexibility index (Phi) is 8.26. The van der Waals surface area contributed by atoms with Crippen LogP contribution in [0.2, 0.25) is 0 Å². The summed E-state index contributed by atoms with van der Waals surface area (Å²) in [5.74, 6) is 0.145. The second-order valence-electron chi connectivity index (χ2n) is 7.82. The fourth-order valence-corrected chi connectivity index (χ4v) is 4.20. The van der Waals surface area contributed by atoms with E-state index in [4.69, 9.17) is 9.47 Å². The Morgan fingerprint density at radius 2 is 1.70 bits per heavy atom. The van der Waals surface area contributed by atoms with Crippen LogP contribution in [0.3, 0.4) is 0 Å². The Hall–Kier alpha value is -4.51. The van der Waals surface area contributed by atoms with E-state index in [2.05, 4.69) is 26.1 Å². The molecule has 0 aliphatic heterocycles. The predicted octanol–water partition coefficient (Wildman–Crippen LogP) is 4.73. The van der Waals surface area contributed by atoms with E-state index in [1.54, 1.807) is 30.3 Å². The lowest BCUT2D eigenvalue weighted by Crippen LogP contribution is -2.47. The molecule has 0 saturated heterocycles. The molecule has 0 fully saturated rings. The van der Waals surface area contributed by atoms with Crippen LogP contribution in [0.1, 0.15) is 5.56 Å². The topological polar surface area (TPSA) is 114 Å². The van der Waals surface area contributed by atoms with E-state index in [1.807, 2.05) is 30.3 Å². The molecule has 0 bridgehead atoms. The molecule has 3 aromatic carbocycles. The Labute approximate surface area is 216 Å². The molecule has 0 saturated carbocycles. The van der Waals surface area contributed by atoms with Gasteiger partial charge < -0.3 is 20.1 Å². The summed E-state index contributed by atoms with van der Waals surface area (Å²) in [5, 5.41) is 17.0. The molecule has 4 aromatic rings. The molecule has 3 amide bonds. The summed E-state index contributed by atoms with van der Waals surface area (Å²) in [4.78, 5) is 26.1. The highest BCUT2D eigenvalue weighted by Gasteiger charge is 2.23. The molecule has 190 valence electrons. The highest BCUT2D eigenvalue weighted by atomic mass is 32.1. The number of nitrogens with zero attached hydrogens (tertiary/aromatic N) is 2. The van der Waals surface area contributed by atoms with Crippen molar-refractivity contribution in [1.82, 2.24) is 15.5 Å². The Balaban J connectivity index is 1.48. The molecule has 9 nitrogen and oxygen atoms in total. The zero-order valence-corrected chi connectivity index (χ0v) is 20.8. The largest absolute Gasteiger partial charge is 0.497 e. The maximum absolute atomic E-state index is 13.2. The number of benzene rings is 3. The van der Waals surface area contributed by atoms with Crippen molar-refractivity contribution in [3.05, 3.63) is 84.2 Å². The molecule has 1 heterocycles. The van der Waals surface area contributed by atoms with E-state index in [0.717, 1.165) is 16.9 Å². The Morgan fingerprint density at radius 1 is 0.946 bits per heavy atom. The van der Waals surface area contributed by atoms with E-state index in [-0.39, 0.29) is 17.4 Å². The van der Waals surface area contributed by atoms with Gasteiger partial charge in [-0.1, -0.05) is 41.7 Å². The van der Waals surface area contributed by atoms with Gasteiger partial charge in [-0.25, -0.2) is 9.18 Å². The average Bonchev–Trinajstić information content (AvgIpc) is 3.38. The molecule has 4 rings (SSSR count). The first-order valence-electron chi connectivity index (χ1n) is 11.2. The fourth-order valence-electron chi connectivity index (χ4n) is 3.45. The standard InChI is InChI=1S/C26H24FN5O4S/c1-35-19-12-13-20(22(15-19)36-2)28-25(34)29-21(14-16-6-4-3-5-7-16)23(33)30-26-32-31-24(37-26)17-8-10-18(27)11-9-17/h3-13,15,21H,14H2,1-2H3,(H2,28,29,34)(H,30,32,33). The van der Waals surface area contributed by atoms with Crippen LogP contribution < -0.4 is 25.4 Å². The molecule has 1 unspecified atom stereocenters. The third kappa shape index (κ3) is 6.79. The number of anilines is 2. The molecule has 11 heteroatoms. The van der Waals surface area contributed by atoms with Gasteiger partial charge in [-0.15, -0.1) is 10.2 Å². The molecule has 1 aromatic heterocycles. The summed E-state index contributed by atoms with van der Waals surface area (Å²) in [6.07, 6.45) is 0.240. The maximum atomic E-state index is 13.2. The van der Waals surface area contributed by atoms with Crippen LogP contribution in [0.5, 0.6) is 11.5 Å². The molecule has 0 aliphatic carbocycles. The van der Waals surface area contributed by atoms with Gasteiger partial charge in [-0.3, -0.25) is 10.1 Å². The number of nitrogens with one attached hydrogen (secondary N) is 3. The van der Waals surface area contributed by atoms with Gasteiger partial charge in [-0.05, 0) is 42.0 Å². The van der Waals surface area contributed by atoms with Crippen LogP contribution in [0.15, 0.2) is 72.8 Å². The van der Waals surface area contributed by atoms with Crippen LogP contribution in [0.4, 0.5) is 20.0 Å². The molecule has 37 heavy (non-hydrogen) atoms. The number of methoxy groups -OCH3 is 2. The van der Waals surface area contributed by atoms with E-state index < -0.39 is 18.0 Å². The zero-order chi connectivity index (χ0) is 26.2. The van der Waals surface area contributed by atoms with Crippen molar-refractivity contribution in [1.29, 1.82) is 0 Å². The van der Waals surface area contributed by atoms with Gasteiger partial charge in [0.05, 0.1) is 19.9 Å². The highest BCUT2D eigenvalue weighted by Crippen LogP contribution is 2.29. The maximum Gasteiger partial charge on any atom is 0.320 e. The van der Waals surface area contributed by atoms with Crippen molar-refractivity contribution < 1.29 is 23.5 Å². The first-order valence-corrected chi connectivity index (χ1v) is 12.0. The summed E-state index contributed by atoms with van der Waals surface area (Å²) < 4.78 is 23.7. The van der Waals surface area contributed by atoms with Crippen LogP contribution in [-0.2, 0) is 11.2 Å². The first kappa shape index (κ1) is 25.6. The lowest BCUT2D eigenvalue weighted by atomic mass is 10.1. The molecular formula is C26H24FN5O4S. The smallest absolute Gasteiger partial charge is 0.320 e. The van der Waals surface area contributed by atoms with Crippen LogP contribution in [-0.4, -0.2) is 42.4 Å². The number of halogens is 1. The molecule has 0 radical (unpaired) electrons. The van der Waals surface area contributed by atoms with Crippen molar-refractivity contribution >= 4 is 34.1 Å². The van der Waals surface area contributed by atoms with Gasteiger partial charge in [0.1, 0.15) is 28.4 Å². The van der Waals surface area contributed by atoms with Gasteiger partial charge >= 0.3 is 6.03 Å². The van der Waals surface area contributed by atoms with E-state index in [1.165, 1.54) is 26.4 Å². The molecule has 1 atom stereocenters. The number of carbonyl (C=O) groups is 2. The minimum Gasteiger partial charge on any atom is -0.497 e. The van der Waals surface area contributed by atoms with Crippen molar-refractivity contribution in [3.8, 4) is 22.1 Å². The van der Waals surface area contributed by atoms with Gasteiger partial charge in [-0.2, -0.15) is 0 Å². The Morgan fingerprint density at radius 3 is 2.41 bits per heavy atom. The lowest BCUT2D eigenvalue weighted by molar-refractivity contribution is -0.117. The fraction of sp³-hybridized carbons (Fsp3) is 0.154. The van der Waals surface area contributed by atoms with E-state index >= 15 is 0 Å². The first-order chi connectivity index (χ1) is 17.9. The van der Waals surface area contributed by atoms with Crippen molar-refractivity contribution in [2.75, 3.05) is 24.9 Å². The van der Waals surface area contributed by atoms with Crippen molar-refractivity contribution in [2.45, 2.75) is 12.5 Å². The minimum atomic E-state index is -0.926. The number of rotatable bonds is 9. The number of hydrogen-bond donors (Lipinski definition) is 3. The van der Waals surface area contributed by atoms with Gasteiger partial charge in [0.25, 0.3) is 0 Å². The lowest BCUT2D eigenvalue weighted by Gasteiger charge is -2.19.